The number of nitrogens with zero attached hydrogens (tertiary/aromatic N) is 4. The van der Waals surface area contributed by atoms with E-state index in [2.05, 4.69) is 20.2 Å². The van der Waals surface area contributed by atoms with Crippen molar-refractivity contribution < 1.29 is 9.18 Å². The first kappa shape index (κ1) is 21.5. The number of H-pyrrole nitrogens is 1. The van der Waals surface area contributed by atoms with E-state index in [0.717, 1.165) is 56.8 Å². The topological polar surface area (TPSA) is 94.2 Å². The molecule has 0 spiro atoms. The number of aromatic nitrogens is 3. The largest absolute Gasteiger partial charge is 0.368 e. The highest BCUT2D eigenvalue weighted by Crippen LogP contribution is 2.31. The van der Waals surface area contributed by atoms with Gasteiger partial charge in [-0.25, -0.2) is 9.97 Å². The maximum Gasteiger partial charge on any atom is 0.269 e. The Hall–Kier alpha value is -3.33. The van der Waals surface area contributed by atoms with Crippen LogP contribution in [0.15, 0.2) is 41.2 Å². The highest BCUT2D eigenvalue weighted by Gasteiger charge is 2.33. The van der Waals surface area contributed by atoms with Crippen LogP contribution in [0.2, 0.25) is 0 Å². The van der Waals surface area contributed by atoms with Crippen molar-refractivity contribution in [3.63, 3.8) is 0 Å². The van der Waals surface area contributed by atoms with Gasteiger partial charge in [-0.1, -0.05) is 12.1 Å². The summed E-state index contributed by atoms with van der Waals surface area (Å²) >= 11 is 0. The molecule has 172 valence electrons. The van der Waals surface area contributed by atoms with Crippen LogP contribution in [0.25, 0.3) is 10.9 Å². The van der Waals surface area contributed by atoms with E-state index in [0.29, 0.717) is 17.1 Å². The summed E-state index contributed by atoms with van der Waals surface area (Å²) in [6, 6.07) is 11.0. The summed E-state index contributed by atoms with van der Waals surface area (Å²) in [5, 5.41) is 3.08. The number of halogens is 1. The van der Waals surface area contributed by atoms with Gasteiger partial charge < -0.3 is 15.2 Å². The molecule has 2 fully saturated rings. The SMILES string of the molecule is CNC(=O)c1ccc(N2CCC(N3CCC(c4nc5ccccc5c(=O)[nH]4)C3)CC2)c(F)n1. The molecule has 1 atom stereocenters. The number of para-hydroxylation sites is 1. The normalized spacial score (nSPS) is 19.8. The van der Waals surface area contributed by atoms with Gasteiger partial charge in [-0.3, -0.25) is 14.5 Å². The Morgan fingerprint density at radius 2 is 1.88 bits per heavy atom. The van der Waals surface area contributed by atoms with Gasteiger partial charge in [0.2, 0.25) is 5.95 Å². The number of hydrogen-bond acceptors (Lipinski definition) is 6. The average molecular weight is 451 g/mol. The van der Waals surface area contributed by atoms with Crippen molar-refractivity contribution in [1.82, 2.24) is 25.2 Å². The van der Waals surface area contributed by atoms with Gasteiger partial charge in [-0.2, -0.15) is 4.39 Å². The number of pyridine rings is 1. The van der Waals surface area contributed by atoms with Gasteiger partial charge in [0.25, 0.3) is 11.5 Å². The number of fused-ring (bicyclic) bond motifs is 1. The molecule has 0 bridgehead atoms. The van der Waals surface area contributed by atoms with Crippen molar-refractivity contribution in [2.75, 3.05) is 38.1 Å². The summed E-state index contributed by atoms with van der Waals surface area (Å²) in [6.07, 6.45) is 2.80. The second kappa shape index (κ2) is 8.90. The quantitative estimate of drug-likeness (QED) is 0.593. The zero-order valence-electron chi connectivity index (χ0n) is 18.6. The smallest absolute Gasteiger partial charge is 0.269 e. The Morgan fingerprint density at radius 1 is 1.09 bits per heavy atom. The molecule has 2 aromatic heterocycles. The Morgan fingerprint density at radius 3 is 2.64 bits per heavy atom. The zero-order chi connectivity index (χ0) is 22.9. The molecular weight excluding hydrogens is 423 g/mol. The van der Waals surface area contributed by atoms with E-state index in [1.807, 2.05) is 23.1 Å². The van der Waals surface area contributed by atoms with Crippen LogP contribution < -0.4 is 15.8 Å². The van der Waals surface area contributed by atoms with Gasteiger partial charge in [0.05, 0.1) is 16.6 Å². The van der Waals surface area contributed by atoms with Crippen molar-refractivity contribution in [2.45, 2.75) is 31.2 Å². The van der Waals surface area contributed by atoms with Crippen LogP contribution in [0, 0.1) is 5.95 Å². The van der Waals surface area contributed by atoms with Crippen LogP contribution in [0.1, 0.15) is 41.5 Å². The Balaban J connectivity index is 1.22. The number of carbonyl (C=O) groups excluding carboxylic acids is 1. The molecule has 2 N–H and O–H groups in total. The van der Waals surface area contributed by atoms with Crippen LogP contribution in [0.3, 0.4) is 0 Å². The summed E-state index contributed by atoms with van der Waals surface area (Å²) in [6.45, 7) is 3.29. The number of rotatable bonds is 4. The number of nitrogens with one attached hydrogen (secondary N) is 2. The number of likely N-dealkylation sites (tertiary alicyclic amines) is 1. The van der Waals surface area contributed by atoms with E-state index in [1.165, 1.54) is 7.05 Å². The zero-order valence-corrected chi connectivity index (χ0v) is 18.6. The lowest BCUT2D eigenvalue weighted by Gasteiger charge is -2.37. The minimum absolute atomic E-state index is 0.0806. The number of carbonyl (C=O) groups is 1. The summed E-state index contributed by atoms with van der Waals surface area (Å²) in [4.78, 5) is 40.1. The lowest BCUT2D eigenvalue weighted by molar-refractivity contribution is 0.0957. The molecule has 0 saturated carbocycles. The first-order chi connectivity index (χ1) is 16.0. The summed E-state index contributed by atoms with van der Waals surface area (Å²) in [5.74, 6) is -0.0330. The van der Waals surface area contributed by atoms with Crippen molar-refractivity contribution in [3.8, 4) is 0 Å². The standard InChI is InChI=1S/C24H27FN6O2/c1-26-24(33)19-6-7-20(21(25)27-19)30-12-9-16(10-13-30)31-11-8-15(14-31)22-28-18-5-3-2-4-17(18)23(32)29-22/h2-7,15-16H,8-14H2,1H3,(H,26,33)(H,28,29,32). The molecule has 0 aliphatic carbocycles. The van der Waals surface area contributed by atoms with Crippen molar-refractivity contribution in [2.24, 2.45) is 0 Å². The molecule has 3 aromatic rings. The van der Waals surface area contributed by atoms with E-state index in [-0.39, 0.29) is 17.2 Å². The molecule has 9 heteroatoms. The summed E-state index contributed by atoms with van der Waals surface area (Å²) in [7, 11) is 1.50. The van der Waals surface area contributed by atoms with Gasteiger partial charge in [0.15, 0.2) is 0 Å². The maximum atomic E-state index is 14.5. The number of aromatic amines is 1. The van der Waals surface area contributed by atoms with E-state index in [1.54, 1.807) is 18.2 Å². The number of anilines is 1. The molecule has 5 rings (SSSR count). The maximum absolute atomic E-state index is 14.5. The highest BCUT2D eigenvalue weighted by atomic mass is 19.1. The average Bonchev–Trinajstić information content (AvgIpc) is 3.34. The predicted molar refractivity (Wildman–Crippen MR) is 124 cm³/mol. The van der Waals surface area contributed by atoms with Crippen molar-refractivity contribution >= 4 is 22.5 Å². The third kappa shape index (κ3) is 4.20. The lowest BCUT2D eigenvalue weighted by Crippen LogP contribution is -2.44. The second-order valence-electron chi connectivity index (χ2n) is 8.75. The van der Waals surface area contributed by atoms with Crippen LogP contribution in [0.5, 0.6) is 0 Å². The fraction of sp³-hybridized carbons (Fsp3) is 0.417. The van der Waals surface area contributed by atoms with Crippen molar-refractivity contribution in [1.29, 1.82) is 0 Å². The first-order valence-electron chi connectivity index (χ1n) is 11.4. The molecule has 4 heterocycles. The summed E-state index contributed by atoms with van der Waals surface area (Å²) in [5.41, 5.74) is 1.18. The van der Waals surface area contributed by atoms with Crippen LogP contribution in [0.4, 0.5) is 10.1 Å². The van der Waals surface area contributed by atoms with Crippen LogP contribution >= 0.6 is 0 Å². The molecule has 33 heavy (non-hydrogen) atoms. The van der Waals surface area contributed by atoms with Crippen LogP contribution in [-0.4, -0.2) is 65.0 Å². The van der Waals surface area contributed by atoms with E-state index in [9.17, 15) is 14.0 Å². The number of benzene rings is 1. The van der Waals surface area contributed by atoms with Crippen LogP contribution in [-0.2, 0) is 0 Å². The minimum Gasteiger partial charge on any atom is -0.368 e. The fourth-order valence-corrected chi connectivity index (χ4v) is 5.03. The monoisotopic (exact) mass is 450 g/mol. The molecule has 2 aliphatic rings. The molecule has 2 saturated heterocycles. The highest BCUT2D eigenvalue weighted by molar-refractivity contribution is 5.92. The van der Waals surface area contributed by atoms with E-state index in [4.69, 9.17) is 4.98 Å². The van der Waals surface area contributed by atoms with Gasteiger partial charge in [-0.15, -0.1) is 0 Å². The van der Waals surface area contributed by atoms with E-state index >= 15 is 0 Å². The molecular formula is C24H27FN6O2. The molecule has 2 aliphatic heterocycles. The number of piperidine rings is 1. The van der Waals surface area contributed by atoms with Gasteiger partial charge in [0.1, 0.15) is 11.5 Å². The van der Waals surface area contributed by atoms with Gasteiger partial charge >= 0.3 is 0 Å². The first-order valence-corrected chi connectivity index (χ1v) is 11.4. The summed E-state index contributed by atoms with van der Waals surface area (Å²) < 4.78 is 14.5. The molecule has 1 amide bonds. The van der Waals surface area contributed by atoms with Gasteiger partial charge in [-0.05, 0) is 50.1 Å². The number of amides is 1. The predicted octanol–water partition coefficient (Wildman–Crippen LogP) is 2.28. The Bertz CT molecular complexity index is 1240. The third-order valence-corrected chi connectivity index (χ3v) is 6.85. The molecule has 1 aromatic carbocycles. The van der Waals surface area contributed by atoms with Crippen molar-refractivity contribution in [3.05, 3.63) is 64.2 Å². The fourth-order valence-electron chi connectivity index (χ4n) is 5.03. The second-order valence-corrected chi connectivity index (χ2v) is 8.75. The third-order valence-electron chi connectivity index (χ3n) is 6.85. The van der Waals surface area contributed by atoms with E-state index < -0.39 is 11.9 Å². The Kier molecular flexibility index (Phi) is 5.80. The molecule has 0 radical (unpaired) electrons. The number of hydrogen-bond donors (Lipinski definition) is 2. The van der Waals surface area contributed by atoms with Gasteiger partial charge in [0, 0.05) is 38.6 Å². The minimum atomic E-state index is -0.609. The molecule has 1 unspecified atom stereocenters. The molecule has 8 nitrogen and oxygen atoms in total. The lowest BCUT2D eigenvalue weighted by atomic mass is 10.0. The Labute approximate surface area is 190 Å².